The molecule has 1 amide bonds. The first kappa shape index (κ1) is 17.7. The van der Waals surface area contributed by atoms with E-state index in [-0.39, 0.29) is 12.2 Å². The Morgan fingerprint density at radius 2 is 1.92 bits per heavy atom. The Bertz CT molecular complexity index is 908. The lowest BCUT2D eigenvalue weighted by molar-refractivity contribution is -0.143. The number of amides is 1. The van der Waals surface area contributed by atoms with Crippen LogP contribution in [0.3, 0.4) is 0 Å². The summed E-state index contributed by atoms with van der Waals surface area (Å²) in [5.74, 6) is -0.848. The van der Waals surface area contributed by atoms with E-state index in [1.54, 1.807) is 32.0 Å². The van der Waals surface area contributed by atoms with Crippen LogP contribution in [0.2, 0.25) is 0 Å². The topological polar surface area (TPSA) is 75.6 Å². The van der Waals surface area contributed by atoms with Crippen molar-refractivity contribution in [2.45, 2.75) is 26.6 Å². The van der Waals surface area contributed by atoms with E-state index >= 15 is 0 Å². The van der Waals surface area contributed by atoms with Gasteiger partial charge >= 0.3 is 6.18 Å². The zero-order valence-electron chi connectivity index (χ0n) is 14.1. The van der Waals surface area contributed by atoms with E-state index in [1.807, 2.05) is 0 Å². The molecule has 3 aromatic rings. The molecule has 0 aliphatic rings. The Morgan fingerprint density at radius 1 is 1.23 bits per heavy atom. The van der Waals surface area contributed by atoms with Crippen molar-refractivity contribution < 1.29 is 18.0 Å². The highest BCUT2D eigenvalue weighted by Crippen LogP contribution is 2.33. The third-order valence-corrected chi connectivity index (χ3v) is 3.99. The number of para-hydroxylation sites is 1. The van der Waals surface area contributed by atoms with E-state index in [4.69, 9.17) is 0 Å². The highest BCUT2D eigenvalue weighted by atomic mass is 19.4. The quantitative estimate of drug-likeness (QED) is 0.748. The smallest absolute Gasteiger partial charge is 0.348 e. The average Bonchev–Trinajstić information content (AvgIpc) is 3.18. The number of H-pyrrole nitrogens is 1. The maximum Gasteiger partial charge on any atom is 0.434 e. The molecule has 6 nitrogen and oxygen atoms in total. The van der Waals surface area contributed by atoms with Crippen molar-refractivity contribution >= 4 is 5.91 Å². The molecule has 2 aromatic heterocycles. The molecule has 0 spiro atoms. The van der Waals surface area contributed by atoms with Crippen LogP contribution in [-0.2, 0) is 12.7 Å². The van der Waals surface area contributed by atoms with Crippen molar-refractivity contribution in [2.75, 3.05) is 0 Å². The number of nitrogens with one attached hydrogen (secondary N) is 2. The molecule has 0 fully saturated rings. The van der Waals surface area contributed by atoms with Crippen LogP contribution < -0.4 is 5.32 Å². The minimum absolute atomic E-state index is 0.0703. The molecule has 136 valence electrons. The van der Waals surface area contributed by atoms with Gasteiger partial charge in [0.2, 0.25) is 0 Å². The van der Waals surface area contributed by atoms with Crippen molar-refractivity contribution in [3.05, 3.63) is 64.7 Å². The molecule has 2 heterocycles. The van der Waals surface area contributed by atoms with Crippen molar-refractivity contribution in [3.63, 3.8) is 0 Å². The van der Waals surface area contributed by atoms with E-state index in [0.29, 0.717) is 5.69 Å². The maximum absolute atomic E-state index is 13.6. The second kappa shape index (κ2) is 6.66. The van der Waals surface area contributed by atoms with Crippen molar-refractivity contribution in [2.24, 2.45) is 0 Å². The van der Waals surface area contributed by atoms with Crippen LogP contribution in [0.1, 0.15) is 33.0 Å². The summed E-state index contributed by atoms with van der Waals surface area (Å²) in [6, 6.07) is 7.86. The second-order valence-corrected chi connectivity index (χ2v) is 5.75. The first-order valence-corrected chi connectivity index (χ1v) is 7.78. The van der Waals surface area contributed by atoms with E-state index < -0.39 is 23.3 Å². The molecule has 3 rings (SSSR count). The number of benzene rings is 1. The molecule has 0 saturated carbocycles. The summed E-state index contributed by atoms with van der Waals surface area (Å²) >= 11 is 0. The highest BCUT2D eigenvalue weighted by Gasteiger charge is 2.40. The Hall–Kier alpha value is -3.10. The molecule has 9 heteroatoms. The monoisotopic (exact) mass is 363 g/mol. The number of hydrogen-bond donors (Lipinski definition) is 2. The van der Waals surface area contributed by atoms with E-state index in [9.17, 15) is 18.0 Å². The molecule has 0 radical (unpaired) electrons. The Morgan fingerprint density at radius 3 is 2.50 bits per heavy atom. The summed E-state index contributed by atoms with van der Waals surface area (Å²) in [6.45, 7) is 3.59. The van der Waals surface area contributed by atoms with Crippen LogP contribution in [0.4, 0.5) is 13.2 Å². The van der Waals surface area contributed by atoms with Crippen LogP contribution in [-0.4, -0.2) is 25.9 Å². The number of carbonyl (C=O) groups excluding carboxylic acids is 1. The van der Waals surface area contributed by atoms with Gasteiger partial charge in [-0.05, 0) is 26.0 Å². The van der Waals surface area contributed by atoms with Gasteiger partial charge in [0.25, 0.3) is 5.91 Å². The zero-order chi connectivity index (χ0) is 18.9. The number of alkyl halides is 3. The second-order valence-electron chi connectivity index (χ2n) is 5.75. The van der Waals surface area contributed by atoms with Gasteiger partial charge in [-0.2, -0.15) is 23.4 Å². The molecule has 0 saturated heterocycles. The lowest BCUT2D eigenvalue weighted by Crippen LogP contribution is -2.26. The lowest BCUT2D eigenvalue weighted by atomic mass is 10.1. The SMILES string of the molecule is Cc1n[nH]c(C)c1CNC(=O)c1cnn(-c2ccccc2)c1C(F)(F)F. The minimum Gasteiger partial charge on any atom is -0.348 e. The van der Waals surface area contributed by atoms with Crippen LogP contribution in [0.15, 0.2) is 36.5 Å². The van der Waals surface area contributed by atoms with E-state index in [0.717, 1.165) is 22.1 Å². The fraction of sp³-hybridized carbons (Fsp3) is 0.235. The van der Waals surface area contributed by atoms with Gasteiger partial charge in [-0.3, -0.25) is 9.89 Å². The summed E-state index contributed by atoms with van der Waals surface area (Å²) < 4.78 is 41.4. The Balaban J connectivity index is 1.92. The summed E-state index contributed by atoms with van der Waals surface area (Å²) in [4.78, 5) is 12.4. The lowest BCUT2D eigenvalue weighted by Gasteiger charge is -2.13. The largest absolute Gasteiger partial charge is 0.434 e. The van der Waals surface area contributed by atoms with Crippen LogP contribution in [0, 0.1) is 13.8 Å². The summed E-state index contributed by atoms with van der Waals surface area (Å²) in [6.07, 6.45) is -3.80. The van der Waals surface area contributed by atoms with Gasteiger partial charge in [0, 0.05) is 17.8 Å². The molecule has 26 heavy (non-hydrogen) atoms. The van der Waals surface area contributed by atoms with Crippen LogP contribution in [0.5, 0.6) is 0 Å². The maximum atomic E-state index is 13.6. The highest BCUT2D eigenvalue weighted by molar-refractivity contribution is 5.95. The van der Waals surface area contributed by atoms with Gasteiger partial charge in [-0.1, -0.05) is 18.2 Å². The fourth-order valence-electron chi connectivity index (χ4n) is 2.65. The van der Waals surface area contributed by atoms with Gasteiger partial charge in [-0.15, -0.1) is 0 Å². The number of hydrogen-bond acceptors (Lipinski definition) is 3. The molecule has 0 aliphatic carbocycles. The molecular weight excluding hydrogens is 347 g/mol. The Kier molecular flexibility index (Phi) is 4.54. The predicted molar refractivity (Wildman–Crippen MR) is 87.8 cm³/mol. The van der Waals surface area contributed by atoms with Crippen molar-refractivity contribution in [1.82, 2.24) is 25.3 Å². The van der Waals surface area contributed by atoms with E-state index in [1.165, 1.54) is 12.1 Å². The van der Waals surface area contributed by atoms with E-state index in [2.05, 4.69) is 20.6 Å². The zero-order valence-corrected chi connectivity index (χ0v) is 14.1. The third kappa shape index (κ3) is 3.32. The molecule has 1 aromatic carbocycles. The minimum atomic E-state index is -4.74. The molecule has 2 N–H and O–H groups in total. The number of halogens is 3. The predicted octanol–water partition coefficient (Wildman–Crippen LogP) is 3.16. The Labute approximate surface area is 147 Å². The summed E-state index contributed by atoms with van der Waals surface area (Å²) in [5, 5.41) is 13.0. The number of aromatic nitrogens is 4. The average molecular weight is 363 g/mol. The third-order valence-electron chi connectivity index (χ3n) is 3.99. The van der Waals surface area contributed by atoms with Crippen molar-refractivity contribution in [1.29, 1.82) is 0 Å². The molecular formula is C17H16F3N5O. The number of carbonyl (C=O) groups is 1. The summed E-state index contributed by atoms with van der Waals surface area (Å²) in [7, 11) is 0. The molecule has 0 aliphatic heterocycles. The van der Waals surface area contributed by atoms with Gasteiger partial charge < -0.3 is 5.32 Å². The molecule has 0 unspecified atom stereocenters. The number of rotatable bonds is 4. The van der Waals surface area contributed by atoms with Gasteiger partial charge in [-0.25, -0.2) is 4.68 Å². The first-order chi connectivity index (χ1) is 12.3. The normalized spacial score (nSPS) is 11.6. The van der Waals surface area contributed by atoms with Gasteiger partial charge in [0.1, 0.15) is 0 Å². The summed E-state index contributed by atoms with van der Waals surface area (Å²) in [5.41, 5.74) is 0.752. The number of aromatic amines is 1. The van der Waals surface area contributed by atoms with Gasteiger partial charge in [0.15, 0.2) is 5.69 Å². The van der Waals surface area contributed by atoms with Crippen LogP contribution >= 0.6 is 0 Å². The standard InChI is InChI=1S/C17H16F3N5O/c1-10-13(11(2)24-23-10)8-21-16(26)14-9-22-25(15(14)17(18,19)20)12-6-4-3-5-7-12/h3-7,9H,8H2,1-2H3,(H,21,26)(H,23,24). The van der Waals surface area contributed by atoms with Crippen LogP contribution in [0.25, 0.3) is 5.69 Å². The number of aryl methyl sites for hydroxylation is 2. The molecule has 0 atom stereocenters. The first-order valence-electron chi connectivity index (χ1n) is 7.78. The fourth-order valence-corrected chi connectivity index (χ4v) is 2.65. The molecule has 0 bridgehead atoms. The van der Waals surface area contributed by atoms with Gasteiger partial charge in [0.05, 0.1) is 23.1 Å². The van der Waals surface area contributed by atoms with Crippen molar-refractivity contribution in [3.8, 4) is 5.69 Å². The number of nitrogens with zero attached hydrogens (tertiary/aromatic N) is 3.